The van der Waals surface area contributed by atoms with Gasteiger partial charge < -0.3 is 88.4 Å². The van der Waals surface area contributed by atoms with Crippen LogP contribution in [0, 0.1) is 10.8 Å². The number of rotatable bonds is 40. The Balaban J connectivity index is 0.837. The molecule has 1 aromatic heterocycles. The number of unbranched alkanes of at least 4 members (excludes halogenated alkanes) is 6. The van der Waals surface area contributed by atoms with Crippen LogP contribution in [-0.2, 0) is 52.7 Å². The van der Waals surface area contributed by atoms with Crippen LogP contribution in [0.15, 0.2) is 54.6 Å². The molecule has 34 nitrogen and oxygen atoms in total. The summed E-state index contributed by atoms with van der Waals surface area (Å²) in [5.74, 6) is -14.1. The van der Waals surface area contributed by atoms with Gasteiger partial charge in [-0.2, -0.15) is 0 Å². The number of carbonyl (C=O) groups excluding carboxylic acids is 5. The van der Waals surface area contributed by atoms with Crippen LogP contribution in [-0.4, -0.2) is 268 Å². The van der Waals surface area contributed by atoms with E-state index >= 15 is 0 Å². The molecule has 6 saturated heterocycles. The maximum Gasteiger partial charge on any atom is 0.326 e. The van der Waals surface area contributed by atoms with E-state index in [1.807, 2.05) is 29.6 Å². The summed E-state index contributed by atoms with van der Waals surface area (Å²) in [6, 6.07) is 1.86. The molecule has 16 atom stereocenters. The molecule has 6 aliphatic heterocycles. The maximum absolute atomic E-state index is 13.9. The first-order valence-corrected chi connectivity index (χ1v) is 34.8. The number of nitrogens with one attached hydrogen (secondary N) is 9. The number of hydrogen-bond acceptors (Lipinski definition) is 18. The van der Waals surface area contributed by atoms with Crippen LogP contribution in [0.1, 0.15) is 132 Å². The van der Waals surface area contributed by atoms with Crippen LogP contribution in [0.2, 0.25) is 0 Å². The zero-order valence-corrected chi connectivity index (χ0v) is 57.3. The van der Waals surface area contributed by atoms with Crippen LogP contribution in [0.4, 0.5) is 10.5 Å². The number of fused-ring (bicyclic) bond motifs is 4. The molecule has 7 heterocycles. The quantitative estimate of drug-likeness (QED) is 0.0280. The van der Waals surface area contributed by atoms with E-state index in [1.165, 1.54) is 0 Å². The molecule has 6 amide bonds. The zero-order chi connectivity index (χ0) is 74.2. The van der Waals surface area contributed by atoms with Crippen molar-refractivity contribution in [2.45, 2.75) is 170 Å². The number of hydrogen-bond donors (Lipinski definition) is 17. The highest BCUT2D eigenvalue weighted by atomic mass is 32.1. The number of aromatic amines is 1. The van der Waals surface area contributed by atoms with Crippen molar-refractivity contribution in [3.05, 3.63) is 65.9 Å². The van der Waals surface area contributed by atoms with Crippen LogP contribution in [0.3, 0.4) is 0 Å². The molecule has 6 fully saturated rings. The normalized spacial score (nSPS) is 25.0. The van der Waals surface area contributed by atoms with Crippen molar-refractivity contribution in [3.63, 3.8) is 0 Å². The molecule has 9 rings (SSSR count). The molecule has 0 saturated carbocycles. The van der Waals surface area contributed by atoms with E-state index in [0.29, 0.717) is 74.7 Å². The molecule has 7 bridgehead atoms. The van der Waals surface area contributed by atoms with E-state index in [2.05, 4.69) is 42.2 Å². The fourth-order valence-corrected chi connectivity index (χ4v) is 16.2. The van der Waals surface area contributed by atoms with E-state index in [1.54, 1.807) is 56.9 Å². The highest BCUT2D eigenvalue weighted by molar-refractivity contribution is 7.80. The lowest BCUT2D eigenvalue weighted by molar-refractivity contribution is -0.302. The smallest absolute Gasteiger partial charge is 0.326 e. The molecule has 9 unspecified atom stereocenters. The molecule has 556 valence electrons. The van der Waals surface area contributed by atoms with Crippen LogP contribution < -0.4 is 42.5 Å². The van der Waals surface area contributed by atoms with Gasteiger partial charge in [-0.05, 0) is 112 Å². The van der Waals surface area contributed by atoms with Crippen molar-refractivity contribution in [2.24, 2.45) is 10.8 Å². The van der Waals surface area contributed by atoms with Gasteiger partial charge in [-0.15, -0.1) is 0 Å². The lowest BCUT2D eigenvalue weighted by atomic mass is 9.37. The van der Waals surface area contributed by atoms with Gasteiger partial charge in [0, 0.05) is 113 Å². The van der Waals surface area contributed by atoms with Gasteiger partial charge in [-0.25, -0.2) is 19.2 Å². The topological polar surface area (TPSA) is 509 Å². The Kier molecular flexibility index (Phi) is 27.1. The number of carboxylic acids is 8. The minimum Gasteiger partial charge on any atom is -0.481 e. The number of piperidine rings is 1. The van der Waals surface area contributed by atoms with Gasteiger partial charge in [0.15, 0.2) is 5.11 Å². The third-order valence-electron chi connectivity index (χ3n) is 20.5. The first kappa shape index (κ1) is 78.1. The first-order valence-electron chi connectivity index (χ1n) is 34.4. The number of thiocarbonyl (C=S) groups is 1. The van der Waals surface area contributed by atoms with Crippen LogP contribution in [0.25, 0.3) is 10.9 Å². The van der Waals surface area contributed by atoms with Gasteiger partial charge in [-0.3, -0.25) is 62.8 Å². The second-order valence-electron chi connectivity index (χ2n) is 26.6. The molecule has 2 aromatic carbocycles. The zero-order valence-electron chi connectivity index (χ0n) is 56.4. The molecular weight excluding hydrogens is 1350 g/mol. The molecule has 6 aliphatic rings. The van der Waals surface area contributed by atoms with Crippen molar-refractivity contribution in [1.82, 2.24) is 61.8 Å². The van der Waals surface area contributed by atoms with Crippen molar-refractivity contribution >= 4 is 111 Å². The summed E-state index contributed by atoms with van der Waals surface area (Å²) < 4.78 is 0. The number of anilines is 1. The Labute approximate surface area is 591 Å². The number of H-pyrrole nitrogens is 1. The lowest BCUT2D eigenvalue weighted by Gasteiger charge is -2.78. The highest BCUT2D eigenvalue weighted by Gasteiger charge is 2.86. The van der Waals surface area contributed by atoms with Crippen LogP contribution in [0.5, 0.6) is 0 Å². The Morgan fingerprint density at radius 2 is 1.03 bits per heavy atom. The summed E-state index contributed by atoms with van der Waals surface area (Å²) in [5.41, 5.74) is -1.78. The number of amides is 6. The summed E-state index contributed by atoms with van der Waals surface area (Å²) in [6.07, 6.45) is 2.73. The molecule has 35 heteroatoms. The van der Waals surface area contributed by atoms with Gasteiger partial charge in [-0.1, -0.05) is 56.5 Å². The SMILES string of the molecule is C[C@@H](c1ccc(NC(=S)NCCCC[C@H](NC(=O)CCCCCCCNC(=O)CCC(NC(=O)NC(CCC(=O)O)C(=O)O)C(=O)O)C(=O)NC(CCCCNC(=O)c2cc3ccccc3[nH]2)C(=O)O)cc1)C12[C@H]3CN4CCN5CCN(CCN3[C@@H]1C(=O)O)[C@H](C(=O)O)C2([C@H]5C(=O)O)[C@H]4C(=O)O. The molecule has 17 N–H and O–H groups in total. The Morgan fingerprint density at radius 1 is 0.520 bits per heavy atom. The van der Waals surface area contributed by atoms with Gasteiger partial charge >= 0.3 is 53.8 Å². The van der Waals surface area contributed by atoms with Gasteiger partial charge in [0.25, 0.3) is 5.91 Å². The lowest BCUT2D eigenvalue weighted by Crippen LogP contribution is -2.93. The summed E-state index contributed by atoms with van der Waals surface area (Å²) in [4.78, 5) is 177. The molecule has 102 heavy (non-hydrogen) atoms. The van der Waals surface area contributed by atoms with Crippen molar-refractivity contribution in [1.29, 1.82) is 0 Å². The third-order valence-corrected chi connectivity index (χ3v) is 20.8. The minimum atomic E-state index is -2.20. The van der Waals surface area contributed by atoms with Crippen LogP contribution >= 0.6 is 12.2 Å². The van der Waals surface area contributed by atoms with Crippen molar-refractivity contribution < 1.29 is 103 Å². The molecular formula is C67H91N13O21S. The highest BCUT2D eigenvalue weighted by Crippen LogP contribution is 2.72. The fourth-order valence-electron chi connectivity index (χ4n) is 16.0. The maximum atomic E-state index is 13.9. The fraction of sp³-hybridized carbons (Fsp3) is 0.582. The van der Waals surface area contributed by atoms with E-state index in [4.69, 9.17) is 17.3 Å². The van der Waals surface area contributed by atoms with Crippen molar-refractivity contribution in [2.75, 3.05) is 70.8 Å². The molecule has 3 aromatic rings. The summed E-state index contributed by atoms with van der Waals surface area (Å²) in [5, 5.41) is 105. The molecule has 0 radical (unpaired) electrons. The van der Waals surface area contributed by atoms with Gasteiger partial charge in [0.1, 0.15) is 54.0 Å². The van der Waals surface area contributed by atoms with E-state index in [9.17, 15) is 98.1 Å². The number of nitrogens with zero attached hydrogens (tertiary/aromatic N) is 4. The van der Waals surface area contributed by atoms with E-state index in [0.717, 1.165) is 10.9 Å². The number of para-hydroxylation sites is 1. The Morgan fingerprint density at radius 3 is 1.62 bits per heavy atom. The molecule has 0 aliphatic carbocycles. The second-order valence-corrected chi connectivity index (χ2v) is 27.1. The number of aliphatic carboxylic acids is 8. The second kappa shape index (κ2) is 35.3. The Bertz CT molecular complexity index is 3580. The van der Waals surface area contributed by atoms with E-state index in [-0.39, 0.29) is 109 Å². The minimum absolute atomic E-state index is 0.0143. The largest absolute Gasteiger partial charge is 0.481 e. The van der Waals surface area contributed by atoms with Crippen molar-refractivity contribution in [3.8, 4) is 0 Å². The molecule has 1 spiro atoms. The number of urea groups is 1. The van der Waals surface area contributed by atoms with Gasteiger partial charge in [0.05, 0.1) is 5.41 Å². The summed E-state index contributed by atoms with van der Waals surface area (Å²) >= 11 is 5.65. The third kappa shape index (κ3) is 18.0. The predicted molar refractivity (Wildman–Crippen MR) is 366 cm³/mol. The van der Waals surface area contributed by atoms with E-state index < -0.39 is 155 Å². The standard InChI is InChI=1S/C67H91N13O21S/c1-37(66-47-36-79-32-31-77-29-30-78(33-34-80(47)54(66)63(99)100)52(61(95)96)67(66,51(77)60(93)94)53(79)62(97)98)38-18-20-40(21-19-38)71-65(102)70-28-12-8-15-42(56(86)74-43(57(87)88)16-9-11-27-69-55(85)46-35-39-13-6-7-14-41(39)72-46)73-49(82)17-5-3-2-4-10-26-68-48(81)24-22-44(58(89)90)75-64(101)76-45(59(91)92)23-25-50(83)84/h6-7,13-14,18-21,35,37,42-45,47,51-54,72H,2-5,8-12,15-17,22-34,36H2,1H3,(H,68,81)(H,69,85)(H,73,82)(H,74,86)(H,83,84)(H,87,88)(H,89,90)(H,91,92)(H,93,94)(H,95,96)(H,97,98)(H,99,100)(H2,70,71,102)(H2,75,76,101)/t37-,42-,43?,44?,45?,47+,51+,52+,53+,54+,66?,67?/m0/s1. The average molecular weight is 1450 g/mol. The van der Waals surface area contributed by atoms with Gasteiger partial charge in [0.2, 0.25) is 17.7 Å². The summed E-state index contributed by atoms with van der Waals surface area (Å²) in [7, 11) is 0. The monoisotopic (exact) mass is 1450 g/mol. The number of benzene rings is 2. The number of carboxylic acid groups (broad SMARTS) is 8. The Hall–Kier alpha value is -9.58. The first-order chi connectivity index (χ1) is 48.6. The average Bonchev–Trinajstić information content (AvgIpc) is 1.04. The number of carbonyl (C=O) groups is 13. The number of aromatic nitrogens is 1. The summed E-state index contributed by atoms with van der Waals surface area (Å²) in [6.45, 7) is 3.30. The predicted octanol–water partition coefficient (Wildman–Crippen LogP) is 1.12.